The van der Waals surface area contributed by atoms with Crippen LogP contribution < -0.4 is 15.4 Å². The second kappa shape index (κ2) is 9.19. The number of carbonyl (C=O) groups is 1. The van der Waals surface area contributed by atoms with E-state index < -0.39 is 6.04 Å². The number of ether oxygens (including phenoxy) is 1. The molecular weight excluding hydrogens is 428 g/mol. The van der Waals surface area contributed by atoms with Crippen molar-refractivity contribution in [3.8, 4) is 17.1 Å². The summed E-state index contributed by atoms with van der Waals surface area (Å²) in [5.74, 6) is 1.53. The lowest BCUT2D eigenvalue weighted by molar-refractivity contribution is -0.113. The van der Waals surface area contributed by atoms with Crippen LogP contribution in [0, 0.1) is 0 Å². The second-order valence-electron chi connectivity index (χ2n) is 7.80. The van der Waals surface area contributed by atoms with Crippen LogP contribution in [0.5, 0.6) is 5.75 Å². The lowest BCUT2D eigenvalue weighted by atomic mass is 9.94. The van der Waals surface area contributed by atoms with Gasteiger partial charge in [0.1, 0.15) is 11.8 Å². The number of amides is 1. The molecule has 0 spiro atoms. The number of fused-ring (bicyclic) bond motifs is 1. The molecule has 2 aromatic heterocycles. The van der Waals surface area contributed by atoms with Gasteiger partial charge < -0.3 is 15.4 Å². The normalized spacial score (nSPS) is 14.8. The maximum absolute atomic E-state index is 13.6. The van der Waals surface area contributed by atoms with E-state index >= 15 is 0 Å². The Hall–Kier alpha value is -4.46. The molecule has 2 N–H and O–H groups in total. The van der Waals surface area contributed by atoms with E-state index in [4.69, 9.17) is 14.8 Å². The highest BCUT2D eigenvalue weighted by Crippen LogP contribution is 2.40. The average molecular weight is 453 g/mol. The molecule has 1 amide bonds. The molecule has 1 aliphatic rings. The summed E-state index contributed by atoms with van der Waals surface area (Å²) in [6.45, 7) is 4.31. The number of rotatable bonds is 6. The number of para-hydroxylation sites is 2. The molecule has 1 aliphatic heterocycles. The smallest absolute Gasteiger partial charge is 0.255 e. The first-order valence-corrected chi connectivity index (χ1v) is 11.1. The van der Waals surface area contributed by atoms with Crippen molar-refractivity contribution >= 4 is 17.5 Å². The topological polar surface area (TPSA) is 94.0 Å². The largest absolute Gasteiger partial charge is 0.494 e. The van der Waals surface area contributed by atoms with Crippen LogP contribution in [0.2, 0.25) is 0 Å². The standard InChI is InChI=1S/C26H24N6O2/c1-3-34-21-14-8-7-13-20(21)23-22(25(33)29-19-11-5-4-6-12-19)17(2)28-26-30-24(31-32(23)26)18-10-9-15-27-16-18/h4-16,23H,3H2,1-2H3,(H,29,33)(H,28,30,31). The Morgan fingerprint density at radius 2 is 1.88 bits per heavy atom. The van der Waals surface area contributed by atoms with Crippen LogP contribution in [0.4, 0.5) is 11.6 Å². The number of nitrogens with one attached hydrogen (secondary N) is 2. The maximum Gasteiger partial charge on any atom is 0.255 e. The highest BCUT2D eigenvalue weighted by Gasteiger charge is 2.36. The zero-order chi connectivity index (χ0) is 23.5. The van der Waals surface area contributed by atoms with E-state index in [1.165, 1.54) is 0 Å². The fourth-order valence-electron chi connectivity index (χ4n) is 4.06. The first kappa shape index (κ1) is 21.4. The van der Waals surface area contributed by atoms with Crippen molar-refractivity contribution in [1.82, 2.24) is 19.7 Å². The molecule has 8 heteroatoms. The van der Waals surface area contributed by atoms with E-state index in [0.717, 1.165) is 11.1 Å². The van der Waals surface area contributed by atoms with Crippen LogP contribution in [-0.2, 0) is 4.79 Å². The second-order valence-corrected chi connectivity index (χ2v) is 7.80. The van der Waals surface area contributed by atoms with E-state index in [0.29, 0.717) is 41.1 Å². The van der Waals surface area contributed by atoms with E-state index in [2.05, 4.69) is 15.6 Å². The summed E-state index contributed by atoms with van der Waals surface area (Å²) in [5, 5.41) is 11.1. The number of anilines is 2. The van der Waals surface area contributed by atoms with Gasteiger partial charge in [-0.25, -0.2) is 4.68 Å². The highest BCUT2D eigenvalue weighted by molar-refractivity contribution is 6.06. The van der Waals surface area contributed by atoms with E-state index in [-0.39, 0.29) is 5.91 Å². The van der Waals surface area contributed by atoms with Crippen LogP contribution in [-0.4, -0.2) is 32.3 Å². The van der Waals surface area contributed by atoms with Gasteiger partial charge in [-0.1, -0.05) is 36.4 Å². The summed E-state index contributed by atoms with van der Waals surface area (Å²) in [4.78, 5) is 22.5. The molecule has 34 heavy (non-hydrogen) atoms. The molecule has 0 saturated heterocycles. The van der Waals surface area contributed by atoms with Crippen molar-refractivity contribution in [2.24, 2.45) is 0 Å². The van der Waals surface area contributed by atoms with Crippen molar-refractivity contribution in [2.45, 2.75) is 19.9 Å². The lowest BCUT2D eigenvalue weighted by Gasteiger charge is -2.29. The van der Waals surface area contributed by atoms with Gasteiger partial charge in [-0.05, 0) is 44.2 Å². The molecule has 0 saturated carbocycles. The zero-order valence-corrected chi connectivity index (χ0v) is 18.9. The van der Waals surface area contributed by atoms with E-state index in [1.54, 1.807) is 17.1 Å². The number of pyridine rings is 1. The molecular formula is C26H24N6O2. The van der Waals surface area contributed by atoms with Crippen molar-refractivity contribution in [3.63, 3.8) is 0 Å². The molecule has 8 nitrogen and oxygen atoms in total. The van der Waals surface area contributed by atoms with Crippen LogP contribution in [0.3, 0.4) is 0 Å². The Labute approximate surface area is 197 Å². The average Bonchev–Trinajstić information content (AvgIpc) is 3.28. The van der Waals surface area contributed by atoms with E-state index in [9.17, 15) is 4.79 Å². The molecule has 5 rings (SSSR count). The van der Waals surface area contributed by atoms with E-state index in [1.807, 2.05) is 80.6 Å². The summed E-state index contributed by atoms with van der Waals surface area (Å²) >= 11 is 0. The molecule has 170 valence electrons. The Balaban J connectivity index is 1.64. The van der Waals surface area contributed by atoms with Gasteiger partial charge in [0.25, 0.3) is 5.91 Å². The summed E-state index contributed by atoms with van der Waals surface area (Å²) < 4.78 is 7.68. The number of aromatic nitrogens is 4. The number of hydrogen-bond acceptors (Lipinski definition) is 6. The quantitative estimate of drug-likeness (QED) is 0.442. The maximum atomic E-state index is 13.6. The molecule has 3 heterocycles. The molecule has 0 radical (unpaired) electrons. The molecule has 0 fully saturated rings. The first-order chi connectivity index (χ1) is 16.7. The third-order valence-corrected chi connectivity index (χ3v) is 5.56. The van der Waals surface area contributed by atoms with Crippen LogP contribution >= 0.6 is 0 Å². The minimum absolute atomic E-state index is 0.225. The summed E-state index contributed by atoms with van der Waals surface area (Å²) in [7, 11) is 0. The minimum Gasteiger partial charge on any atom is -0.494 e. The van der Waals surface area contributed by atoms with Gasteiger partial charge in [-0.2, -0.15) is 4.98 Å². The third kappa shape index (κ3) is 4.01. The highest BCUT2D eigenvalue weighted by atomic mass is 16.5. The summed E-state index contributed by atoms with van der Waals surface area (Å²) in [6, 6.07) is 20.3. The summed E-state index contributed by atoms with van der Waals surface area (Å²) in [5.41, 5.74) is 3.56. The van der Waals surface area contributed by atoms with Gasteiger partial charge >= 0.3 is 0 Å². The Kier molecular flexibility index (Phi) is 5.78. The predicted octanol–water partition coefficient (Wildman–Crippen LogP) is 4.67. The molecule has 1 atom stereocenters. The number of carbonyl (C=O) groups excluding carboxylic acids is 1. The number of benzene rings is 2. The van der Waals surface area contributed by atoms with Gasteiger partial charge in [0.05, 0.1) is 12.2 Å². The van der Waals surface area contributed by atoms with Gasteiger partial charge in [-0.3, -0.25) is 9.78 Å². The minimum atomic E-state index is -0.541. The van der Waals surface area contributed by atoms with Gasteiger partial charge in [-0.15, -0.1) is 5.10 Å². The third-order valence-electron chi connectivity index (χ3n) is 5.56. The fraction of sp³-hybridized carbons (Fsp3) is 0.154. The number of nitrogens with zero attached hydrogens (tertiary/aromatic N) is 4. The van der Waals surface area contributed by atoms with Gasteiger partial charge in [0, 0.05) is 34.9 Å². The van der Waals surface area contributed by atoms with Gasteiger partial charge in [0.15, 0.2) is 5.82 Å². The monoisotopic (exact) mass is 452 g/mol. The Morgan fingerprint density at radius 3 is 2.65 bits per heavy atom. The molecule has 4 aromatic rings. The molecule has 0 bridgehead atoms. The molecule has 0 aliphatic carbocycles. The first-order valence-electron chi connectivity index (χ1n) is 11.1. The number of allylic oxidation sites excluding steroid dienone is 1. The zero-order valence-electron chi connectivity index (χ0n) is 18.9. The van der Waals surface area contributed by atoms with Crippen molar-refractivity contribution in [3.05, 3.63) is 96.0 Å². The van der Waals surface area contributed by atoms with Crippen LogP contribution in [0.15, 0.2) is 90.4 Å². The van der Waals surface area contributed by atoms with Crippen molar-refractivity contribution in [1.29, 1.82) is 0 Å². The fourth-order valence-corrected chi connectivity index (χ4v) is 4.06. The lowest BCUT2D eigenvalue weighted by Crippen LogP contribution is -2.31. The number of hydrogen-bond donors (Lipinski definition) is 2. The van der Waals surface area contributed by atoms with Crippen molar-refractivity contribution < 1.29 is 9.53 Å². The summed E-state index contributed by atoms with van der Waals surface area (Å²) in [6.07, 6.45) is 3.42. The molecule has 2 aromatic carbocycles. The predicted molar refractivity (Wildman–Crippen MR) is 130 cm³/mol. The Morgan fingerprint density at radius 1 is 1.09 bits per heavy atom. The van der Waals surface area contributed by atoms with Crippen LogP contribution in [0.1, 0.15) is 25.5 Å². The van der Waals surface area contributed by atoms with Crippen molar-refractivity contribution in [2.75, 3.05) is 17.2 Å². The van der Waals surface area contributed by atoms with Crippen LogP contribution in [0.25, 0.3) is 11.4 Å². The SMILES string of the molecule is CCOc1ccccc1C1C(C(=O)Nc2ccccc2)=C(C)Nc2nc(-c3cccnc3)nn21. The molecule has 1 unspecified atom stereocenters. The Bertz CT molecular complexity index is 1350. The van der Waals surface area contributed by atoms with Gasteiger partial charge in [0.2, 0.25) is 5.95 Å².